The number of benzene rings is 1. The van der Waals surface area contributed by atoms with Gasteiger partial charge in [0.25, 0.3) is 5.56 Å². The molecule has 1 aromatic carbocycles. The lowest BCUT2D eigenvalue weighted by Gasteiger charge is -2.40. The molecule has 0 spiro atoms. The highest BCUT2D eigenvalue weighted by molar-refractivity contribution is 5.31. The maximum atomic E-state index is 12.8. The van der Waals surface area contributed by atoms with Gasteiger partial charge >= 0.3 is 6.18 Å². The van der Waals surface area contributed by atoms with Crippen molar-refractivity contribution in [3.63, 3.8) is 0 Å². The first-order chi connectivity index (χ1) is 17.8. The molecule has 2 saturated heterocycles. The number of nitrogens with one attached hydrogen (secondary N) is 1. The number of aromatic nitrogens is 2. The topological polar surface area (TPSA) is 58.7 Å². The van der Waals surface area contributed by atoms with Gasteiger partial charge in [-0.05, 0) is 30.5 Å². The summed E-state index contributed by atoms with van der Waals surface area (Å²) in [6.45, 7) is 8.36. The van der Waals surface area contributed by atoms with E-state index < -0.39 is 11.7 Å². The van der Waals surface area contributed by atoms with Crippen molar-refractivity contribution in [2.75, 3.05) is 57.3 Å². The first kappa shape index (κ1) is 26.2. The minimum Gasteiger partial charge on any atom is -0.340 e. The standard InChI is InChI=1S/C27H37F3N6O/c28-27(29,30)22-8-6-21(7-9-22)19-33-12-16-36(17-13-33)26-31-23(18-25(37)32-26)20-34-10-14-35(15-11-34)24-4-2-1-3-5-24/h6-9,18,24H,1-5,10-17,19-20H2,(H,31,32,37). The Morgan fingerprint density at radius 2 is 1.46 bits per heavy atom. The van der Waals surface area contributed by atoms with Crippen LogP contribution in [0.2, 0.25) is 0 Å². The third kappa shape index (κ3) is 6.91. The van der Waals surface area contributed by atoms with Crippen molar-refractivity contribution in [3.05, 3.63) is 57.5 Å². The van der Waals surface area contributed by atoms with Gasteiger partial charge in [0.1, 0.15) is 0 Å². The van der Waals surface area contributed by atoms with Gasteiger partial charge in [0.2, 0.25) is 5.95 Å². The number of nitrogens with zero attached hydrogens (tertiary/aromatic N) is 5. The summed E-state index contributed by atoms with van der Waals surface area (Å²) in [5.41, 5.74) is 0.908. The first-order valence-corrected chi connectivity index (χ1v) is 13.5. The van der Waals surface area contributed by atoms with Crippen LogP contribution < -0.4 is 10.5 Å². The minimum absolute atomic E-state index is 0.131. The van der Waals surface area contributed by atoms with Crippen LogP contribution in [0.5, 0.6) is 0 Å². The molecule has 0 atom stereocenters. The maximum absolute atomic E-state index is 12.8. The normalized spacial score (nSPS) is 21.4. The molecular weight excluding hydrogens is 481 g/mol. The summed E-state index contributed by atoms with van der Waals surface area (Å²) >= 11 is 0. The molecule has 2 aromatic rings. The highest BCUT2D eigenvalue weighted by atomic mass is 19.4. The van der Waals surface area contributed by atoms with Crippen molar-refractivity contribution in [2.45, 2.75) is 57.4 Å². The van der Waals surface area contributed by atoms with Crippen LogP contribution in [0.1, 0.15) is 48.9 Å². The van der Waals surface area contributed by atoms with Crippen molar-refractivity contribution in [1.29, 1.82) is 0 Å². The Morgan fingerprint density at radius 3 is 2.11 bits per heavy atom. The predicted molar refractivity (Wildman–Crippen MR) is 138 cm³/mol. The average Bonchev–Trinajstić information content (AvgIpc) is 2.90. The molecule has 1 aromatic heterocycles. The molecule has 1 N–H and O–H groups in total. The number of hydrogen-bond donors (Lipinski definition) is 1. The van der Waals surface area contributed by atoms with Gasteiger partial charge in [0, 0.05) is 77.6 Å². The molecule has 7 nitrogen and oxygen atoms in total. The average molecular weight is 519 g/mol. The lowest BCUT2D eigenvalue weighted by atomic mass is 9.94. The summed E-state index contributed by atoms with van der Waals surface area (Å²) in [6, 6.07) is 7.73. The molecular formula is C27H37F3N6O. The van der Waals surface area contributed by atoms with Gasteiger partial charge in [-0.3, -0.25) is 24.5 Å². The highest BCUT2D eigenvalue weighted by Crippen LogP contribution is 2.29. The molecule has 0 bridgehead atoms. The van der Waals surface area contributed by atoms with Crippen molar-refractivity contribution < 1.29 is 13.2 Å². The van der Waals surface area contributed by atoms with E-state index in [1.807, 2.05) is 0 Å². The molecule has 1 saturated carbocycles. The molecule has 2 aliphatic heterocycles. The molecule has 202 valence electrons. The molecule has 3 aliphatic rings. The van der Waals surface area contributed by atoms with E-state index >= 15 is 0 Å². The Kier molecular flexibility index (Phi) is 8.16. The van der Waals surface area contributed by atoms with E-state index in [1.165, 1.54) is 32.1 Å². The minimum atomic E-state index is -4.31. The highest BCUT2D eigenvalue weighted by Gasteiger charge is 2.30. The molecule has 5 rings (SSSR count). The van der Waals surface area contributed by atoms with Crippen molar-refractivity contribution in [1.82, 2.24) is 24.7 Å². The van der Waals surface area contributed by atoms with E-state index in [0.29, 0.717) is 32.1 Å². The number of halogens is 3. The Bertz CT molecular complexity index is 1070. The van der Waals surface area contributed by atoms with Crippen LogP contribution in [0, 0.1) is 0 Å². The van der Waals surface area contributed by atoms with Crippen LogP contribution >= 0.6 is 0 Å². The maximum Gasteiger partial charge on any atom is 0.416 e. The number of piperazine rings is 2. The first-order valence-electron chi connectivity index (χ1n) is 13.5. The zero-order valence-electron chi connectivity index (χ0n) is 21.3. The van der Waals surface area contributed by atoms with E-state index in [1.54, 1.807) is 18.2 Å². The lowest BCUT2D eigenvalue weighted by molar-refractivity contribution is -0.137. The van der Waals surface area contributed by atoms with Gasteiger partial charge in [0.05, 0.1) is 11.3 Å². The number of rotatable bonds is 6. The van der Waals surface area contributed by atoms with Gasteiger partial charge in [-0.1, -0.05) is 31.4 Å². The predicted octanol–water partition coefficient (Wildman–Crippen LogP) is 3.56. The monoisotopic (exact) mass is 518 g/mol. The fourth-order valence-electron chi connectivity index (χ4n) is 5.86. The zero-order valence-corrected chi connectivity index (χ0v) is 21.3. The fourth-order valence-corrected chi connectivity index (χ4v) is 5.86. The van der Waals surface area contributed by atoms with Crippen molar-refractivity contribution in [3.8, 4) is 0 Å². The fraction of sp³-hybridized carbons (Fsp3) is 0.630. The third-order valence-electron chi connectivity index (χ3n) is 8.03. The number of H-pyrrole nitrogens is 1. The Morgan fingerprint density at radius 1 is 0.838 bits per heavy atom. The zero-order chi connectivity index (χ0) is 25.8. The smallest absolute Gasteiger partial charge is 0.340 e. The Balaban J connectivity index is 1.12. The summed E-state index contributed by atoms with van der Waals surface area (Å²) in [4.78, 5) is 29.5. The molecule has 37 heavy (non-hydrogen) atoms. The van der Waals surface area contributed by atoms with Gasteiger partial charge in [0.15, 0.2) is 0 Å². The lowest BCUT2D eigenvalue weighted by Crippen LogP contribution is -2.50. The number of aromatic amines is 1. The van der Waals surface area contributed by atoms with Gasteiger partial charge in [-0.2, -0.15) is 13.2 Å². The molecule has 1 aliphatic carbocycles. The Labute approximate surface area is 216 Å². The second kappa shape index (κ2) is 11.5. The van der Waals surface area contributed by atoms with Crippen LogP contribution in [-0.2, 0) is 19.3 Å². The van der Waals surface area contributed by atoms with Gasteiger partial charge < -0.3 is 4.90 Å². The largest absolute Gasteiger partial charge is 0.416 e. The Hall–Kier alpha value is -2.43. The molecule has 3 fully saturated rings. The van der Waals surface area contributed by atoms with E-state index in [0.717, 1.165) is 68.7 Å². The molecule has 0 amide bonds. The summed E-state index contributed by atoms with van der Waals surface area (Å²) in [5.74, 6) is 0.609. The molecule has 0 radical (unpaired) electrons. The van der Waals surface area contributed by atoms with Gasteiger partial charge in [-0.15, -0.1) is 0 Å². The van der Waals surface area contributed by atoms with Crippen LogP contribution in [0.15, 0.2) is 35.1 Å². The van der Waals surface area contributed by atoms with Crippen LogP contribution in [0.3, 0.4) is 0 Å². The second-order valence-electron chi connectivity index (χ2n) is 10.6. The number of hydrogen-bond acceptors (Lipinski definition) is 6. The molecule has 0 unspecified atom stereocenters. The van der Waals surface area contributed by atoms with E-state index in [9.17, 15) is 18.0 Å². The summed E-state index contributed by atoms with van der Waals surface area (Å²) in [5, 5.41) is 0. The van der Waals surface area contributed by atoms with Crippen LogP contribution in [-0.4, -0.2) is 83.1 Å². The number of alkyl halides is 3. The number of anilines is 1. The molecule has 10 heteroatoms. The summed E-state index contributed by atoms with van der Waals surface area (Å²) in [7, 11) is 0. The van der Waals surface area contributed by atoms with E-state index in [-0.39, 0.29) is 5.56 Å². The third-order valence-corrected chi connectivity index (χ3v) is 8.03. The van der Waals surface area contributed by atoms with E-state index in [2.05, 4.69) is 24.6 Å². The van der Waals surface area contributed by atoms with E-state index in [4.69, 9.17) is 4.98 Å². The van der Waals surface area contributed by atoms with Gasteiger partial charge in [-0.25, -0.2) is 4.98 Å². The van der Waals surface area contributed by atoms with Crippen LogP contribution in [0.25, 0.3) is 0 Å². The SMILES string of the molecule is O=c1cc(CN2CCN(C3CCCCC3)CC2)nc(N2CCN(Cc3ccc(C(F)(F)F)cc3)CC2)[nH]1. The van der Waals surface area contributed by atoms with Crippen LogP contribution in [0.4, 0.5) is 19.1 Å². The summed E-state index contributed by atoms with van der Waals surface area (Å²) in [6.07, 6.45) is 2.43. The quantitative estimate of drug-likeness (QED) is 0.631. The second-order valence-corrected chi connectivity index (χ2v) is 10.6. The molecule has 3 heterocycles. The summed E-state index contributed by atoms with van der Waals surface area (Å²) < 4.78 is 38.4. The van der Waals surface area contributed by atoms with Crippen molar-refractivity contribution in [2.24, 2.45) is 0 Å². The van der Waals surface area contributed by atoms with Crippen molar-refractivity contribution >= 4 is 5.95 Å².